The molecule has 0 radical (unpaired) electrons. The van der Waals surface area contributed by atoms with E-state index in [1.807, 2.05) is 6.07 Å². The standard InChI is InChI=1S/C15H17F2NS/c1-2-11-6-7-12(19-11)8-10(18)9-13-14(16)4-3-5-15(13)17/h3-7,10H,2,8-9,18H2,1H3. The molecule has 19 heavy (non-hydrogen) atoms. The molecule has 1 aromatic heterocycles. The summed E-state index contributed by atoms with van der Waals surface area (Å²) in [4.78, 5) is 2.47. The van der Waals surface area contributed by atoms with Gasteiger partial charge in [-0.3, -0.25) is 0 Å². The summed E-state index contributed by atoms with van der Waals surface area (Å²) in [5.41, 5.74) is 6.09. The van der Waals surface area contributed by atoms with E-state index >= 15 is 0 Å². The topological polar surface area (TPSA) is 26.0 Å². The average molecular weight is 281 g/mol. The first-order chi connectivity index (χ1) is 9.10. The molecule has 0 saturated heterocycles. The first-order valence-corrected chi connectivity index (χ1v) is 7.18. The molecule has 102 valence electrons. The Morgan fingerprint density at radius 3 is 2.26 bits per heavy atom. The van der Waals surface area contributed by atoms with Crippen LogP contribution in [0.15, 0.2) is 30.3 Å². The molecular weight excluding hydrogens is 264 g/mol. The summed E-state index contributed by atoms with van der Waals surface area (Å²) >= 11 is 1.71. The van der Waals surface area contributed by atoms with Gasteiger partial charge in [-0.25, -0.2) is 8.78 Å². The van der Waals surface area contributed by atoms with Crippen LogP contribution in [0, 0.1) is 11.6 Å². The van der Waals surface area contributed by atoms with Gasteiger partial charge in [0.2, 0.25) is 0 Å². The van der Waals surface area contributed by atoms with Crippen LogP contribution in [0.2, 0.25) is 0 Å². The van der Waals surface area contributed by atoms with E-state index in [4.69, 9.17) is 5.73 Å². The lowest BCUT2D eigenvalue weighted by Crippen LogP contribution is -2.26. The first-order valence-electron chi connectivity index (χ1n) is 6.36. The summed E-state index contributed by atoms with van der Waals surface area (Å²) in [6.45, 7) is 2.10. The minimum Gasteiger partial charge on any atom is -0.327 e. The van der Waals surface area contributed by atoms with Crippen molar-refractivity contribution in [3.63, 3.8) is 0 Å². The van der Waals surface area contributed by atoms with Crippen molar-refractivity contribution in [3.8, 4) is 0 Å². The molecule has 0 bridgehead atoms. The monoisotopic (exact) mass is 281 g/mol. The van der Waals surface area contributed by atoms with Gasteiger partial charge < -0.3 is 5.73 Å². The Morgan fingerprint density at radius 1 is 1.05 bits per heavy atom. The molecule has 1 atom stereocenters. The average Bonchev–Trinajstić information content (AvgIpc) is 2.81. The van der Waals surface area contributed by atoms with E-state index in [-0.39, 0.29) is 18.0 Å². The molecule has 0 aliphatic carbocycles. The highest BCUT2D eigenvalue weighted by Gasteiger charge is 2.14. The Hall–Kier alpha value is -1.26. The molecule has 2 aromatic rings. The van der Waals surface area contributed by atoms with Crippen molar-refractivity contribution in [1.29, 1.82) is 0 Å². The number of rotatable bonds is 5. The van der Waals surface area contributed by atoms with Gasteiger partial charge in [-0.05, 0) is 43.5 Å². The number of nitrogens with two attached hydrogens (primary N) is 1. The fourth-order valence-corrected chi connectivity index (χ4v) is 3.09. The SMILES string of the molecule is CCc1ccc(CC(N)Cc2c(F)cccc2F)s1. The molecule has 0 fully saturated rings. The summed E-state index contributed by atoms with van der Waals surface area (Å²) < 4.78 is 27.0. The molecular formula is C15H17F2NS. The Bertz CT molecular complexity index is 531. The van der Waals surface area contributed by atoms with Crippen LogP contribution in [-0.2, 0) is 19.3 Å². The Morgan fingerprint density at radius 2 is 1.68 bits per heavy atom. The van der Waals surface area contributed by atoms with Crippen molar-refractivity contribution in [2.45, 2.75) is 32.2 Å². The first kappa shape index (κ1) is 14.2. The van der Waals surface area contributed by atoms with Gasteiger partial charge in [0.15, 0.2) is 0 Å². The Labute approximate surface area is 116 Å². The Kier molecular flexibility index (Phi) is 4.66. The third-order valence-corrected chi connectivity index (χ3v) is 4.31. The van der Waals surface area contributed by atoms with Gasteiger partial charge in [0.05, 0.1) is 0 Å². The smallest absolute Gasteiger partial charge is 0.129 e. The van der Waals surface area contributed by atoms with Crippen LogP contribution < -0.4 is 5.73 Å². The zero-order valence-electron chi connectivity index (χ0n) is 10.8. The zero-order valence-corrected chi connectivity index (χ0v) is 11.6. The fraction of sp³-hybridized carbons (Fsp3) is 0.333. The van der Waals surface area contributed by atoms with Gasteiger partial charge >= 0.3 is 0 Å². The van der Waals surface area contributed by atoms with E-state index in [1.54, 1.807) is 11.3 Å². The van der Waals surface area contributed by atoms with Gasteiger partial charge in [0.25, 0.3) is 0 Å². The molecule has 1 aromatic carbocycles. The maximum atomic E-state index is 13.5. The van der Waals surface area contributed by atoms with Crippen LogP contribution in [0.1, 0.15) is 22.2 Å². The normalized spacial score (nSPS) is 12.6. The second kappa shape index (κ2) is 6.26. The van der Waals surface area contributed by atoms with Crippen LogP contribution in [0.4, 0.5) is 8.78 Å². The summed E-state index contributed by atoms with van der Waals surface area (Å²) in [6, 6.07) is 7.76. The molecule has 0 aliphatic heterocycles. The number of hydrogen-bond donors (Lipinski definition) is 1. The molecule has 1 heterocycles. The number of aryl methyl sites for hydroxylation is 1. The molecule has 0 amide bonds. The second-order valence-corrected chi connectivity index (χ2v) is 5.84. The third-order valence-electron chi connectivity index (χ3n) is 3.06. The largest absolute Gasteiger partial charge is 0.327 e. The van der Waals surface area contributed by atoms with Gasteiger partial charge in [-0.1, -0.05) is 13.0 Å². The minimum absolute atomic E-state index is 0.0854. The lowest BCUT2D eigenvalue weighted by Gasteiger charge is -2.11. The van der Waals surface area contributed by atoms with E-state index in [2.05, 4.69) is 13.0 Å². The van der Waals surface area contributed by atoms with Crippen molar-refractivity contribution in [2.24, 2.45) is 5.73 Å². The van der Waals surface area contributed by atoms with E-state index in [0.29, 0.717) is 6.42 Å². The summed E-state index contributed by atoms with van der Waals surface area (Å²) in [5.74, 6) is -1.04. The van der Waals surface area contributed by atoms with E-state index < -0.39 is 11.6 Å². The molecule has 2 rings (SSSR count). The summed E-state index contributed by atoms with van der Waals surface area (Å²) in [7, 11) is 0. The molecule has 0 saturated carbocycles. The number of halogens is 2. The van der Waals surface area contributed by atoms with E-state index in [1.165, 1.54) is 28.0 Å². The van der Waals surface area contributed by atoms with Crippen LogP contribution in [-0.4, -0.2) is 6.04 Å². The van der Waals surface area contributed by atoms with Crippen molar-refractivity contribution >= 4 is 11.3 Å². The maximum Gasteiger partial charge on any atom is 0.129 e. The number of hydrogen-bond acceptors (Lipinski definition) is 2. The van der Waals surface area contributed by atoms with Gasteiger partial charge in [-0.15, -0.1) is 11.3 Å². The molecule has 1 unspecified atom stereocenters. The molecule has 4 heteroatoms. The minimum atomic E-state index is -0.518. The Balaban J connectivity index is 2.03. The molecule has 0 spiro atoms. The summed E-state index contributed by atoms with van der Waals surface area (Å²) in [6.07, 6.45) is 1.87. The maximum absolute atomic E-state index is 13.5. The highest BCUT2D eigenvalue weighted by molar-refractivity contribution is 7.11. The van der Waals surface area contributed by atoms with Gasteiger partial charge in [0, 0.05) is 21.4 Å². The summed E-state index contributed by atoms with van der Waals surface area (Å²) in [5, 5.41) is 0. The van der Waals surface area contributed by atoms with Gasteiger partial charge in [0.1, 0.15) is 11.6 Å². The highest BCUT2D eigenvalue weighted by Crippen LogP contribution is 2.20. The van der Waals surface area contributed by atoms with E-state index in [0.717, 1.165) is 6.42 Å². The third kappa shape index (κ3) is 3.61. The number of benzene rings is 1. The second-order valence-electron chi connectivity index (χ2n) is 4.59. The van der Waals surface area contributed by atoms with Crippen molar-refractivity contribution < 1.29 is 8.78 Å². The fourth-order valence-electron chi connectivity index (χ4n) is 2.04. The zero-order chi connectivity index (χ0) is 13.8. The van der Waals surface area contributed by atoms with Crippen molar-refractivity contribution in [2.75, 3.05) is 0 Å². The van der Waals surface area contributed by atoms with Crippen LogP contribution in [0.25, 0.3) is 0 Å². The number of thiophene rings is 1. The molecule has 1 nitrogen and oxygen atoms in total. The van der Waals surface area contributed by atoms with Crippen LogP contribution in [0.5, 0.6) is 0 Å². The quantitative estimate of drug-likeness (QED) is 0.888. The lowest BCUT2D eigenvalue weighted by atomic mass is 10.0. The lowest BCUT2D eigenvalue weighted by molar-refractivity contribution is 0.534. The molecule has 0 aliphatic rings. The van der Waals surface area contributed by atoms with Crippen molar-refractivity contribution in [3.05, 3.63) is 57.3 Å². The van der Waals surface area contributed by atoms with Crippen LogP contribution in [0.3, 0.4) is 0 Å². The van der Waals surface area contributed by atoms with Crippen molar-refractivity contribution in [1.82, 2.24) is 0 Å². The highest BCUT2D eigenvalue weighted by atomic mass is 32.1. The van der Waals surface area contributed by atoms with E-state index in [9.17, 15) is 8.78 Å². The predicted molar refractivity (Wildman–Crippen MR) is 75.4 cm³/mol. The molecule has 2 N–H and O–H groups in total. The van der Waals surface area contributed by atoms with Gasteiger partial charge in [-0.2, -0.15) is 0 Å². The predicted octanol–water partition coefficient (Wildman–Crippen LogP) is 3.70. The van der Waals surface area contributed by atoms with Crippen LogP contribution >= 0.6 is 11.3 Å².